The summed E-state index contributed by atoms with van der Waals surface area (Å²) in [7, 11) is 0. The highest BCUT2D eigenvalue weighted by Crippen LogP contribution is 2.37. The summed E-state index contributed by atoms with van der Waals surface area (Å²) in [4.78, 5) is 40.1. The summed E-state index contributed by atoms with van der Waals surface area (Å²) in [5.41, 5.74) is 3.36. The lowest BCUT2D eigenvalue weighted by Gasteiger charge is -2.19. The van der Waals surface area contributed by atoms with Crippen molar-refractivity contribution in [3.05, 3.63) is 156 Å². The average Bonchev–Trinajstić information content (AvgIpc) is 3.71. The first-order valence-corrected chi connectivity index (χ1v) is 15.9. The number of nitrogens with zero attached hydrogens (tertiary/aromatic N) is 4. The van der Waals surface area contributed by atoms with Crippen molar-refractivity contribution in [3.63, 3.8) is 0 Å². The molecule has 11 heteroatoms. The van der Waals surface area contributed by atoms with E-state index in [-0.39, 0.29) is 12.2 Å². The predicted octanol–water partition coefficient (Wildman–Crippen LogP) is 6.35. The Labute approximate surface area is 281 Å². The van der Waals surface area contributed by atoms with Crippen LogP contribution >= 0.6 is 0 Å². The Hall–Kier alpha value is -5.94. The maximum absolute atomic E-state index is 16.6. The van der Waals surface area contributed by atoms with E-state index in [1.807, 2.05) is 60.7 Å². The zero-order valence-electron chi connectivity index (χ0n) is 26.3. The number of fused-ring (bicyclic) bond motifs is 1. The molecule has 246 valence electrons. The zero-order chi connectivity index (χ0) is 33.6. The number of benzene rings is 4. The molecule has 7 rings (SSSR count). The smallest absolute Gasteiger partial charge is 0.338 e. The number of carbonyl (C=O) groups is 2. The number of esters is 2. The van der Waals surface area contributed by atoms with Crippen molar-refractivity contribution in [1.29, 1.82) is 0 Å². The van der Waals surface area contributed by atoms with Crippen LogP contribution in [0.2, 0.25) is 0 Å². The minimum absolute atomic E-state index is 0.249. The Morgan fingerprint density at radius 3 is 2.02 bits per heavy atom. The molecule has 1 fully saturated rings. The molecule has 2 aromatic heterocycles. The maximum atomic E-state index is 16.6. The molecular weight excluding hydrogens is 625 g/mol. The fraction of sp³-hybridized carbons (Fsp3) is 0.184. The fourth-order valence-electron chi connectivity index (χ4n) is 5.68. The fourth-order valence-corrected chi connectivity index (χ4v) is 5.68. The number of hydrogen-bond acceptors (Lipinski definition) is 9. The van der Waals surface area contributed by atoms with E-state index >= 15 is 4.39 Å². The number of hydrogen-bond donors (Lipinski definition) is 1. The molecule has 0 aliphatic carbocycles. The highest BCUT2D eigenvalue weighted by Gasteiger charge is 2.50. The number of anilines is 1. The molecule has 3 heterocycles. The van der Waals surface area contributed by atoms with Gasteiger partial charge in [0.2, 0.25) is 0 Å². The number of carbonyl (C=O) groups excluding carboxylic acids is 2. The van der Waals surface area contributed by atoms with Gasteiger partial charge in [0.05, 0.1) is 17.5 Å². The molecule has 0 spiro atoms. The van der Waals surface area contributed by atoms with Crippen molar-refractivity contribution in [3.8, 4) is 0 Å². The van der Waals surface area contributed by atoms with Gasteiger partial charge in [0.25, 0.3) is 0 Å². The van der Waals surface area contributed by atoms with Crippen LogP contribution in [0.25, 0.3) is 11.2 Å². The molecular formula is C38H32FN5O5. The lowest BCUT2D eigenvalue weighted by Crippen LogP contribution is -2.37. The summed E-state index contributed by atoms with van der Waals surface area (Å²) in [5.74, 6) is -0.374. The Kier molecular flexibility index (Phi) is 9.33. The van der Waals surface area contributed by atoms with Crippen molar-refractivity contribution in [2.45, 2.75) is 37.6 Å². The lowest BCUT2D eigenvalue weighted by atomic mass is 10.1. The molecule has 4 atom stereocenters. The molecule has 6 aromatic rings. The van der Waals surface area contributed by atoms with Crippen molar-refractivity contribution in [2.24, 2.45) is 0 Å². The molecule has 0 bridgehead atoms. The Bertz CT molecular complexity index is 2030. The van der Waals surface area contributed by atoms with E-state index in [0.717, 1.165) is 11.1 Å². The summed E-state index contributed by atoms with van der Waals surface area (Å²) in [6.07, 6.45) is -3.84. The van der Waals surface area contributed by atoms with Crippen LogP contribution in [0.5, 0.6) is 0 Å². The molecule has 1 aliphatic rings. The van der Waals surface area contributed by atoms with Crippen LogP contribution in [0.15, 0.2) is 128 Å². The first kappa shape index (κ1) is 31.6. The van der Waals surface area contributed by atoms with Gasteiger partial charge in [0.15, 0.2) is 35.5 Å². The van der Waals surface area contributed by atoms with Gasteiger partial charge in [-0.15, -0.1) is 0 Å². The predicted molar refractivity (Wildman–Crippen MR) is 180 cm³/mol. The number of rotatable bonds is 11. The lowest BCUT2D eigenvalue weighted by molar-refractivity contribution is -0.0570. The normalized spacial score (nSPS) is 18.6. The quantitative estimate of drug-likeness (QED) is 0.159. The second kappa shape index (κ2) is 14.4. The third-order valence-electron chi connectivity index (χ3n) is 8.16. The SMILES string of the molecule is O=C(OC[C@H]1O[C@@H](n2cnc3c(NCc4ccccc4)nc(Cc4ccccc4)nc32)[C@@H](F)[C@@H]1OC(=O)c1ccccc1)c1ccccc1. The van der Waals surface area contributed by atoms with Crippen LogP contribution in [0.4, 0.5) is 10.2 Å². The van der Waals surface area contributed by atoms with Gasteiger partial charge >= 0.3 is 11.9 Å². The van der Waals surface area contributed by atoms with Crippen LogP contribution in [0.1, 0.15) is 43.9 Å². The van der Waals surface area contributed by atoms with E-state index in [4.69, 9.17) is 24.2 Å². The summed E-state index contributed by atoms with van der Waals surface area (Å²) >= 11 is 0. The number of ether oxygens (including phenoxy) is 3. The number of alkyl halides is 1. The first-order chi connectivity index (χ1) is 24.0. The number of aromatic nitrogens is 4. The molecule has 1 N–H and O–H groups in total. The Balaban J connectivity index is 1.21. The highest BCUT2D eigenvalue weighted by atomic mass is 19.1. The molecule has 49 heavy (non-hydrogen) atoms. The second-order valence-electron chi connectivity index (χ2n) is 11.5. The van der Waals surface area contributed by atoms with Gasteiger partial charge in [-0.3, -0.25) is 4.57 Å². The average molecular weight is 658 g/mol. The van der Waals surface area contributed by atoms with E-state index < -0.39 is 36.5 Å². The van der Waals surface area contributed by atoms with Crippen LogP contribution in [0, 0.1) is 0 Å². The van der Waals surface area contributed by atoms with Crippen molar-refractivity contribution < 1.29 is 28.2 Å². The minimum atomic E-state index is -1.86. The van der Waals surface area contributed by atoms with Crippen molar-refractivity contribution >= 4 is 28.9 Å². The van der Waals surface area contributed by atoms with Gasteiger partial charge in [-0.25, -0.2) is 28.9 Å². The highest BCUT2D eigenvalue weighted by molar-refractivity contribution is 5.90. The Morgan fingerprint density at radius 1 is 0.776 bits per heavy atom. The standard InChI is InChI=1S/C38H32FN5O5/c39-31-33(49-38(46)28-19-11-4-12-20-28)29(23-47-37(45)27-17-9-3-10-18-27)48-36(31)44-24-41-32-34(40-22-26-15-7-2-8-16-26)42-30(43-35(32)44)21-25-13-5-1-6-14-25/h1-20,24,29,31,33,36H,21-23H2,(H,40,42,43)/t29-,31+,33-,36-/m1/s1. The van der Waals surface area contributed by atoms with E-state index in [1.54, 1.807) is 60.7 Å². The third kappa shape index (κ3) is 7.16. The molecule has 0 saturated carbocycles. The molecule has 4 aromatic carbocycles. The van der Waals surface area contributed by atoms with Crippen molar-refractivity contribution in [2.75, 3.05) is 11.9 Å². The van der Waals surface area contributed by atoms with Crippen LogP contribution < -0.4 is 5.32 Å². The summed E-state index contributed by atoms with van der Waals surface area (Å²) in [6.45, 7) is 0.116. The van der Waals surface area contributed by atoms with Gasteiger partial charge in [-0.05, 0) is 35.4 Å². The van der Waals surface area contributed by atoms with Gasteiger partial charge in [-0.2, -0.15) is 0 Å². The van der Waals surface area contributed by atoms with E-state index in [0.29, 0.717) is 41.3 Å². The van der Waals surface area contributed by atoms with Crippen LogP contribution in [-0.2, 0) is 27.2 Å². The summed E-state index contributed by atoms with van der Waals surface area (Å²) in [5, 5.41) is 3.37. The monoisotopic (exact) mass is 657 g/mol. The number of nitrogens with one attached hydrogen (secondary N) is 1. The van der Waals surface area contributed by atoms with Gasteiger partial charge in [0, 0.05) is 13.0 Å². The van der Waals surface area contributed by atoms with E-state index in [9.17, 15) is 9.59 Å². The van der Waals surface area contributed by atoms with E-state index in [1.165, 1.54) is 10.9 Å². The van der Waals surface area contributed by atoms with Crippen LogP contribution in [-0.4, -0.2) is 56.4 Å². The maximum Gasteiger partial charge on any atom is 0.338 e. The van der Waals surface area contributed by atoms with E-state index in [2.05, 4.69) is 10.3 Å². The van der Waals surface area contributed by atoms with Crippen LogP contribution in [0.3, 0.4) is 0 Å². The van der Waals surface area contributed by atoms with Crippen molar-refractivity contribution in [1.82, 2.24) is 19.5 Å². The second-order valence-corrected chi connectivity index (χ2v) is 11.5. The molecule has 0 unspecified atom stereocenters. The molecule has 0 amide bonds. The van der Waals surface area contributed by atoms with Gasteiger partial charge < -0.3 is 19.5 Å². The first-order valence-electron chi connectivity index (χ1n) is 15.9. The number of halogens is 1. The Morgan fingerprint density at radius 2 is 1.37 bits per heavy atom. The largest absolute Gasteiger partial charge is 0.459 e. The summed E-state index contributed by atoms with van der Waals surface area (Å²) < 4.78 is 35.5. The molecule has 10 nitrogen and oxygen atoms in total. The molecule has 1 saturated heterocycles. The summed E-state index contributed by atoms with van der Waals surface area (Å²) in [6, 6.07) is 36.3. The molecule has 0 radical (unpaired) electrons. The molecule has 1 aliphatic heterocycles. The number of imidazole rings is 1. The van der Waals surface area contributed by atoms with Gasteiger partial charge in [-0.1, -0.05) is 97.1 Å². The zero-order valence-corrected chi connectivity index (χ0v) is 26.3. The van der Waals surface area contributed by atoms with Gasteiger partial charge in [0.1, 0.15) is 18.5 Å². The third-order valence-corrected chi connectivity index (χ3v) is 8.16. The topological polar surface area (TPSA) is 117 Å². The minimum Gasteiger partial charge on any atom is -0.459 e.